The van der Waals surface area contributed by atoms with Crippen LogP contribution in [0.4, 0.5) is 4.39 Å². The predicted molar refractivity (Wildman–Crippen MR) is 91.5 cm³/mol. The minimum absolute atomic E-state index is 0.336. The Morgan fingerprint density at radius 3 is 1.43 bits per heavy atom. The van der Waals surface area contributed by atoms with E-state index in [0.717, 1.165) is 38.5 Å². The van der Waals surface area contributed by atoms with Crippen LogP contribution in [0.1, 0.15) is 110 Å². The average molecular weight is 303 g/mol. The summed E-state index contributed by atoms with van der Waals surface area (Å²) in [6.07, 6.45) is 18.0. The highest BCUT2D eigenvalue weighted by atomic mass is 19.1. The summed E-state index contributed by atoms with van der Waals surface area (Å²) in [5.41, 5.74) is 0. The summed E-state index contributed by atoms with van der Waals surface area (Å²) in [5, 5.41) is 8.67. The second-order valence-corrected chi connectivity index (χ2v) is 6.49. The van der Waals surface area contributed by atoms with Gasteiger partial charge in [-0.3, -0.25) is 0 Å². The first-order chi connectivity index (χ1) is 10.3. The van der Waals surface area contributed by atoms with E-state index in [-0.39, 0.29) is 0 Å². The number of unbranched alkanes of at least 4 members (excludes halogenated alkanes) is 12. The molecule has 0 saturated carbocycles. The molecule has 0 aromatic heterocycles. The van der Waals surface area contributed by atoms with Crippen LogP contribution in [0.3, 0.4) is 0 Å². The van der Waals surface area contributed by atoms with Crippen molar-refractivity contribution in [2.24, 2.45) is 0 Å². The van der Waals surface area contributed by atoms with Crippen molar-refractivity contribution in [1.29, 1.82) is 0 Å². The molecule has 0 aromatic rings. The van der Waals surface area contributed by atoms with Crippen LogP contribution in [0.25, 0.3) is 0 Å². The molecular weight excluding hydrogens is 263 g/mol. The van der Waals surface area contributed by atoms with E-state index in [1.807, 2.05) is 0 Å². The van der Waals surface area contributed by atoms with Gasteiger partial charge in [0.05, 0.1) is 0 Å². The van der Waals surface area contributed by atoms with E-state index in [9.17, 15) is 4.39 Å². The van der Waals surface area contributed by atoms with Crippen LogP contribution in [0.5, 0.6) is 0 Å². The monoisotopic (exact) mass is 302 g/mol. The highest BCUT2D eigenvalue weighted by Crippen LogP contribution is 2.16. The van der Waals surface area contributed by atoms with Gasteiger partial charge in [-0.15, -0.1) is 0 Å². The predicted octanol–water partition coefficient (Wildman–Crippen LogP) is 6.58. The molecular formula is C19H39FO. The van der Waals surface area contributed by atoms with Crippen molar-refractivity contribution in [3.05, 3.63) is 0 Å². The topological polar surface area (TPSA) is 20.2 Å². The minimum Gasteiger partial charge on any atom is -0.396 e. The average Bonchev–Trinajstić information content (AvgIpc) is 2.49. The van der Waals surface area contributed by atoms with Crippen molar-refractivity contribution in [1.82, 2.24) is 0 Å². The van der Waals surface area contributed by atoms with Crippen molar-refractivity contribution in [2.75, 3.05) is 6.61 Å². The van der Waals surface area contributed by atoms with Gasteiger partial charge in [0, 0.05) is 6.61 Å². The Balaban J connectivity index is 3.09. The van der Waals surface area contributed by atoms with Crippen molar-refractivity contribution in [2.45, 2.75) is 116 Å². The molecule has 0 heterocycles. The lowest BCUT2D eigenvalue weighted by Gasteiger charge is -2.08. The highest BCUT2D eigenvalue weighted by Gasteiger charge is 2.05. The lowest BCUT2D eigenvalue weighted by Crippen LogP contribution is -1.99. The Hall–Kier alpha value is -0.110. The molecule has 0 radical (unpaired) electrons. The molecule has 0 aliphatic carbocycles. The van der Waals surface area contributed by atoms with E-state index in [4.69, 9.17) is 5.11 Å². The Labute approximate surface area is 132 Å². The number of halogens is 1. The molecule has 0 spiro atoms. The summed E-state index contributed by atoms with van der Waals surface area (Å²) in [6.45, 7) is 2.55. The standard InChI is InChI=1S/C19H39FO/c1-2-3-4-10-13-16-19(20)17-14-11-8-6-5-7-9-12-15-18-21/h19,21H,2-18H2,1H3. The number of hydrogen-bond acceptors (Lipinski definition) is 1. The summed E-state index contributed by atoms with van der Waals surface area (Å²) >= 11 is 0. The molecule has 2 heteroatoms. The van der Waals surface area contributed by atoms with Gasteiger partial charge in [-0.25, -0.2) is 4.39 Å². The molecule has 0 saturated heterocycles. The Morgan fingerprint density at radius 2 is 1.00 bits per heavy atom. The van der Waals surface area contributed by atoms with Gasteiger partial charge < -0.3 is 5.11 Å². The quantitative estimate of drug-likeness (QED) is 0.301. The van der Waals surface area contributed by atoms with Gasteiger partial charge in [0.15, 0.2) is 0 Å². The zero-order valence-electron chi connectivity index (χ0n) is 14.4. The molecule has 1 atom stereocenters. The van der Waals surface area contributed by atoms with Gasteiger partial charge in [0.2, 0.25) is 0 Å². The fourth-order valence-electron chi connectivity index (χ4n) is 2.83. The molecule has 0 aliphatic heterocycles. The van der Waals surface area contributed by atoms with Crippen molar-refractivity contribution in [3.63, 3.8) is 0 Å². The first-order valence-corrected chi connectivity index (χ1v) is 9.56. The largest absolute Gasteiger partial charge is 0.396 e. The SMILES string of the molecule is CCCCCCCC(F)CCCCCCCCCCCO. The fourth-order valence-corrected chi connectivity index (χ4v) is 2.83. The van der Waals surface area contributed by atoms with Crippen LogP contribution in [0, 0.1) is 0 Å². The first kappa shape index (κ1) is 20.9. The van der Waals surface area contributed by atoms with Crippen molar-refractivity contribution < 1.29 is 9.50 Å². The maximum Gasteiger partial charge on any atom is 0.100 e. The highest BCUT2D eigenvalue weighted by molar-refractivity contribution is 4.58. The molecule has 1 unspecified atom stereocenters. The van der Waals surface area contributed by atoms with Gasteiger partial charge >= 0.3 is 0 Å². The normalized spacial score (nSPS) is 12.7. The molecule has 128 valence electrons. The summed E-state index contributed by atoms with van der Waals surface area (Å²) in [6, 6.07) is 0. The minimum atomic E-state index is -0.551. The molecule has 0 fully saturated rings. The maximum atomic E-state index is 13.6. The number of aliphatic hydroxyl groups is 1. The van der Waals surface area contributed by atoms with Crippen molar-refractivity contribution >= 4 is 0 Å². The Bertz CT molecular complexity index is 184. The van der Waals surface area contributed by atoms with E-state index >= 15 is 0 Å². The number of rotatable bonds is 17. The lowest BCUT2D eigenvalue weighted by molar-refractivity contribution is 0.278. The van der Waals surface area contributed by atoms with Gasteiger partial charge in [0.25, 0.3) is 0 Å². The first-order valence-electron chi connectivity index (χ1n) is 9.56. The molecule has 1 nitrogen and oxygen atoms in total. The second-order valence-electron chi connectivity index (χ2n) is 6.49. The molecule has 0 amide bonds. The van der Waals surface area contributed by atoms with E-state index in [0.29, 0.717) is 6.61 Å². The van der Waals surface area contributed by atoms with Crippen LogP contribution >= 0.6 is 0 Å². The molecule has 21 heavy (non-hydrogen) atoms. The third-order valence-electron chi connectivity index (χ3n) is 4.30. The molecule has 1 N–H and O–H groups in total. The summed E-state index contributed by atoms with van der Waals surface area (Å²) in [5.74, 6) is 0. The lowest BCUT2D eigenvalue weighted by atomic mass is 10.0. The smallest absolute Gasteiger partial charge is 0.100 e. The summed E-state index contributed by atoms with van der Waals surface area (Å²) < 4.78 is 13.6. The number of alkyl halides is 1. The molecule has 0 rings (SSSR count). The van der Waals surface area contributed by atoms with Crippen LogP contribution in [-0.4, -0.2) is 17.9 Å². The van der Waals surface area contributed by atoms with Gasteiger partial charge in [0.1, 0.15) is 6.17 Å². The Morgan fingerprint density at radius 1 is 0.619 bits per heavy atom. The van der Waals surface area contributed by atoms with Crippen LogP contribution in [-0.2, 0) is 0 Å². The third-order valence-corrected chi connectivity index (χ3v) is 4.30. The molecule has 0 aromatic carbocycles. The fraction of sp³-hybridized carbons (Fsp3) is 1.00. The maximum absolute atomic E-state index is 13.6. The molecule has 0 aliphatic rings. The van der Waals surface area contributed by atoms with E-state index in [1.54, 1.807) is 0 Å². The molecule has 0 bridgehead atoms. The third kappa shape index (κ3) is 17.8. The van der Waals surface area contributed by atoms with Gasteiger partial charge in [-0.1, -0.05) is 90.4 Å². The van der Waals surface area contributed by atoms with Gasteiger partial charge in [-0.2, -0.15) is 0 Å². The van der Waals surface area contributed by atoms with Crippen LogP contribution in [0.2, 0.25) is 0 Å². The summed E-state index contributed by atoms with van der Waals surface area (Å²) in [4.78, 5) is 0. The number of aliphatic hydroxyl groups excluding tert-OH is 1. The van der Waals surface area contributed by atoms with Crippen LogP contribution in [0.15, 0.2) is 0 Å². The summed E-state index contributed by atoms with van der Waals surface area (Å²) in [7, 11) is 0. The van der Waals surface area contributed by atoms with Gasteiger partial charge in [-0.05, 0) is 19.3 Å². The number of hydrogen-bond donors (Lipinski definition) is 1. The van der Waals surface area contributed by atoms with Crippen molar-refractivity contribution in [3.8, 4) is 0 Å². The van der Waals surface area contributed by atoms with E-state index < -0.39 is 6.17 Å². The zero-order valence-corrected chi connectivity index (χ0v) is 14.4. The van der Waals surface area contributed by atoms with E-state index in [2.05, 4.69) is 6.92 Å². The van der Waals surface area contributed by atoms with Crippen LogP contribution < -0.4 is 0 Å². The van der Waals surface area contributed by atoms with E-state index in [1.165, 1.54) is 64.2 Å². The zero-order chi connectivity index (χ0) is 15.6. The Kier molecular flexibility index (Phi) is 17.8. The second kappa shape index (κ2) is 17.9.